The Morgan fingerprint density at radius 1 is 1.30 bits per heavy atom. The number of rotatable bonds is 7. The number of nitrogens with one attached hydrogen (secondary N) is 1. The fourth-order valence-electron chi connectivity index (χ4n) is 2.54. The lowest BCUT2D eigenvalue weighted by molar-refractivity contribution is -0.133. The van der Waals surface area contributed by atoms with Gasteiger partial charge in [0.2, 0.25) is 5.91 Å². The molecule has 1 fully saturated rings. The molecule has 4 nitrogen and oxygen atoms in total. The first-order valence-corrected chi connectivity index (χ1v) is 7.66. The van der Waals surface area contributed by atoms with Gasteiger partial charge in [0, 0.05) is 12.6 Å². The molecule has 0 aromatic carbocycles. The van der Waals surface area contributed by atoms with Gasteiger partial charge in [0.05, 0.1) is 0 Å². The van der Waals surface area contributed by atoms with E-state index < -0.39 is 0 Å². The van der Waals surface area contributed by atoms with Crippen LogP contribution in [0.2, 0.25) is 0 Å². The van der Waals surface area contributed by atoms with Gasteiger partial charge in [-0.1, -0.05) is 26.7 Å². The summed E-state index contributed by atoms with van der Waals surface area (Å²) >= 11 is 0. The fraction of sp³-hybridized carbons (Fsp3) is 0.933. The lowest BCUT2D eigenvalue weighted by Gasteiger charge is -2.32. The number of nitrogens with two attached hydrogens (primary N) is 1. The van der Waals surface area contributed by atoms with Crippen LogP contribution in [0.1, 0.15) is 52.9 Å². The molecule has 0 aromatic heterocycles. The van der Waals surface area contributed by atoms with Crippen LogP contribution >= 0.6 is 12.4 Å². The van der Waals surface area contributed by atoms with E-state index in [1.165, 1.54) is 12.8 Å². The first-order valence-electron chi connectivity index (χ1n) is 7.66. The maximum absolute atomic E-state index is 12.1. The van der Waals surface area contributed by atoms with Crippen LogP contribution in [0.3, 0.4) is 0 Å². The van der Waals surface area contributed by atoms with Gasteiger partial charge in [0.1, 0.15) is 6.10 Å². The van der Waals surface area contributed by atoms with Gasteiger partial charge >= 0.3 is 0 Å². The highest BCUT2D eigenvalue weighted by atomic mass is 35.5. The molecule has 1 aliphatic rings. The number of halogens is 1. The summed E-state index contributed by atoms with van der Waals surface area (Å²) in [7, 11) is 0. The molecule has 1 amide bonds. The molecule has 1 rings (SSSR count). The van der Waals surface area contributed by atoms with Gasteiger partial charge in [-0.05, 0) is 44.6 Å². The quantitative estimate of drug-likeness (QED) is 0.759. The Morgan fingerprint density at radius 3 is 2.55 bits per heavy atom. The molecule has 5 heteroatoms. The van der Waals surface area contributed by atoms with Gasteiger partial charge in [-0.25, -0.2) is 0 Å². The topological polar surface area (TPSA) is 64.3 Å². The lowest BCUT2D eigenvalue weighted by Crippen LogP contribution is -2.48. The second kappa shape index (κ2) is 10.4. The molecule has 1 aliphatic carbocycles. The van der Waals surface area contributed by atoms with E-state index in [4.69, 9.17) is 10.5 Å². The molecule has 3 N–H and O–H groups in total. The molecule has 120 valence electrons. The van der Waals surface area contributed by atoms with Crippen LogP contribution in [0.5, 0.6) is 0 Å². The van der Waals surface area contributed by atoms with Crippen molar-refractivity contribution in [3.05, 3.63) is 0 Å². The maximum Gasteiger partial charge on any atom is 0.249 e. The maximum atomic E-state index is 12.1. The average molecular weight is 307 g/mol. The normalized spacial score (nSPS) is 24.1. The van der Waals surface area contributed by atoms with E-state index in [-0.39, 0.29) is 30.5 Å². The summed E-state index contributed by atoms with van der Waals surface area (Å²) in [4.78, 5) is 12.1. The molecule has 0 saturated heterocycles. The molecule has 20 heavy (non-hydrogen) atoms. The zero-order valence-electron chi connectivity index (χ0n) is 13.1. The van der Waals surface area contributed by atoms with Crippen LogP contribution in [0.25, 0.3) is 0 Å². The van der Waals surface area contributed by atoms with Crippen LogP contribution in [-0.4, -0.2) is 31.2 Å². The third-order valence-electron chi connectivity index (χ3n) is 3.97. The van der Waals surface area contributed by atoms with Gasteiger partial charge in [-0.3, -0.25) is 4.79 Å². The van der Waals surface area contributed by atoms with Gasteiger partial charge in [0.15, 0.2) is 0 Å². The van der Waals surface area contributed by atoms with Crippen molar-refractivity contribution in [1.82, 2.24) is 5.32 Å². The SMILES string of the molecule is CC(C)CCOC(C)C(=O)NC1CCCCC1CN.Cl. The molecule has 0 radical (unpaired) electrons. The monoisotopic (exact) mass is 306 g/mol. The zero-order valence-corrected chi connectivity index (χ0v) is 13.9. The van der Waals surface area contributed by atoms with Gasteiger partial charge in [-0.15, -0.1) is 12.4 Å². The Kier molecular flexibility index (Phi) is 10.2. The third-order valence-corrected chi connectivity index (χ3v) is 3.97. The Hall–Kier alpha value is -0.320. The molecule has 3 atom stereocenters. The number of ether oxygens (including phenoxy) is 1. The minimum absolute atomic E-state index is 0. The van der Waals surface area contributed by atoms with Gasteiger partial charge in [0.25, 0.3) is 0 Å². The first-order chi connectivity index (χ1) is 9.04. The van der Waals surface area contributed by atoms with Crippen LogP contribution in [-0.2, 0) is 9.53 Å². The van der Waals surface area contributed by atoms with Crippen molar-refractivity contribution in [2.45, 2.75) is 65.0 Å². The van der Waals surface area contributed by atoms with Crippen LogP contribution in [0.15, 0.2) is 0 Å². The van der Waals surface area contributed by atoms with Crippen molar-refractivity contribution in [3.8, 4) is 0 Å². The van der Waals surface area contributed by atoms with Gasteiger partial charge < -0.3 is 15.8 Å². The van der Waals surface area contributed by atoms with Crippen LogP contribution in [0.4, 0.5) is 0 Å². The molecule has 0 heterocycles. The summed E-state index contributed by atoms with van der Waals surface area (Å²) < 4.78 is 5.58. The molecule has 0 aliphatic heterocycles. The third kappa shape index (κ3) is 6.91. The number of carbonyl (C=O) groups is 1. The number of hydrogen-bond donors (Lipinski definition) is 2. The van der Waals surface area contributed by atoms with E-state index in [1.54, 1.807) is 0 Å². The summed E-state index contributed by atoms with van der Waals surface area (Å²) in [6.07, 6.45) is 5.22. The average Bonchev–Trinajstić information content (AvgIpc) is 2.38. The highest BCUT2D eigenvalue weighted by Crippen LogP contribution is 2.23. The molecule has 1 saturated carbocycles. The van der Waals surface area contributed by atoms with E-state index in [9.17, 15) is 4.79 Å². The Morgan fingerprint density at radius 2 is 1.95 bits per heavy atom. The second-order valence-corrected chi connectivity index (χ2v) is 6.09. The fourth-order valence-corrected chi connectivity index (χ4v) is 2.54. The first kappa shape index (κ1) is 19.7. The van der Waals surface area contributed by atoms with E-state index in [2.05, 4.69) is 19.2 Å². The zero-order chi connectivity index (χ0) is 14.3. The summed E-state index contributed by atoms with van der Waals surface area (Å²) in [6, 6.07) is 0.238. The number of carbonyl (C=O) groups excluding carboxylic acids is 1. The Bertz CT molecular complexity index is 275. The van der Waals surface area contributed by atoms with E-state index in [1.807, 2.05) is 6.92 Å². The van der Waals surface area contributed by atoms with Crippen molar-refractivity contribution >= 4 is 18.3 Å². The smallest absolute Gasteiger partial charge is 0.249 e. The van der Waals surface area contributed by atoms with Crippen LogP contribution < -0.4 is 11.1 Å². The summed E-state index contributed by atoms with van der Waals surface area (Å²) in [5.41, 5.74) is 5.78. The summed E-state index contributed by atoms with van der Waals surface area (Å²) in [6.45, 7) is 7.45. The Labute approximate surface area is 129 Å². The predicted molar refractivity (Wildman–Crippen MR) is 85.1 cm³/mol. The van der Waals surface area contributed by atoms with Gasteiger partial charge in [-0.2, -0.15) is 0 Å². The van der Waals surface area contributed by atoms with Crippen molar-refractivity contribution in [1.29, 1.82) is 0 Å². The number of amides is 1. The largest absolute Gasteiger partial charge is 0.369 e. The molecule has 0 bridgehead atoms. The highest BCUT2D eigenvalue weighted by molar-refractivity contribution is 5.85. The van der Waals surface area contributed by atoms with E-state index in [0.29, 0.717) is 25.0 Å². The van der Waals surface area contributed by atoms with Crippen LogP contribution in [0, 0.1) is 11.8 Å². The van der Waals surface area contributed by atoms with E-state index in [0.717, 1.165) is 19.3 Å². The molecule has 0 spiro atoms. The highest BCUT2D eigenvalue weighted by Gasteiger charge is 2.26. The number of hydrogen-bond acceptors (Lipinski definition) is 3. The predicted octanol–water partition coefficient (Wildman–Crippen LogP) is 2.49. The van der Waals surface area contributed by atoms with E-state index >= 15 is 0 Å². The minimum atomic E-state index is -0.362. The van der Waals surface area contributed by atoms with Crippen molar-refractivity contribution in [2.75, 3.05) is 13.2 Å². The summed E-state index contributed by atoms with van der Waals surface area (Å²) in [5, 5.41) is 3.11. The molecule has 3 unspecified atom stereocenters. The van der Waals surface area contributed by atoms with Crippen molar-refractivity contribution in [2.24, 2.45) is 17.6 Å². The minimum Gasteiger partial charge on any atom is -0.369 e. The van der Waals surface area contributed by atoms with Crippen molar-refractivity contribution < 1.29 is 9.53 Å². The standard InChI is InChI=1S/C15H30N2O2.ClH/c1-11(2)8-9-19-12(3)15(18)17-14-7-5-4-6-13(14)10-16;/h11-14H,4-10,16H2,1-3H3,(H,17,18);1H. The Balaban J connectivity index is 0.00000361. The second-order valence-electron chi connectivity index (χ2n) is 6.09. The molecule has 0 aromatic rings. The molecular formula is C15H31ClN2O2. The summed E-state index contributed by atoms with van der Waals surface area (Å²) in [5.74, 6) is 1.05. The molecular weight excluding hydrogens is 276 g/mol. The lowest BCUT2D eigenvalue weighted by atomic mass is 9.84. The van der Waals surface area contributed by atoms with Crippen molar-refractivity contribution in [3.63, 3.8) is 0 Å².